The van der Waals surface area contributed by atoms with E-state index in [0.29, 0.717) is 23.8 Å². The SMILES string of the molecule is CCCN(CCC)CCCNc1nc(Cl)nc(NCCCN(CCC)CCC)n1.CCCN(CCC)CCCNc1nc(Cl)nc(NCCCN(CCC)CCC)n1.[I-].[I-]. The first-order valence-electron chi connectivity index (χ1n) is 22.9. The fourth-order valence-corrected chi connectivity index (χ4v) is 7.22. The summed E-state index contributed by atoms with van der Waals surface area (Å²) < 4.78 is 0. The van der Waals surface area contributed by atoms with Gasteiger partial charge in [0.2, 0.25) is 34.4 Å². The zero-order chi connectivity index (χ0) is 42.6. The monoisotopic (exact) mass is 1110 g/mol. The van der Waals surface area contributed by atoms with Gasteiger partial charge in [-0.3, -0.25) is 0 Å². The molecule has 0 bridgehead atoms. The molecule has 0 radical (unpaired) electrons. The van der Waals surface area contributed by atoms with Crippen molar-refractivity contribution >= 4 is 47.0 Å². The van der Waals surface area contributed by atoms with Crippen LogP contribution in [0.25, 0.3) is 0 Å². The third-order valence-corrected chi connectivity index (χ3v) is 9.61. The molecule has 0 spiro atoms. The van der Waals surface area contributed by atoms with Crippen molar-refractivity contribution in [2.75, 3.05) is 126 Å². The van der Waals surface area contributed by atoms with Crippen LogP contribution in [0.5, 0.6) is 0 Å². The van der Waals surface area contributed by atoms with E-state index in [4.69, 9.17) is 23.2 Å². The van der Waals surface area contributed by atoms with Crippen molar-refractivity contribution in [3.05, 3.63) is 10.6 Å². The van der Waals surface area contributed by atoms with Crippen molar-refractivity contribution < 1.29 is 48.0 Å². The normalized spacial score (nSPS) is 11.0. The van der Waals surface area contributed by atoms with Gasteiger partial charge >= 0.3 is 0 Å². The molecule has 352 valence electrons. The third kappa shape index (κ3) is 31.9. The highest BCUT2D eigenvalue weighted by molar-refractivity contribution is 6.28. The molecule has 0 aliphatic rings. The quantitative estimate of drug-likeness (QED) is 0.0589. The lowest BCUT2D eigenvalue weighted by Gasteiger charge is -2.21. The van der Waals surface area contributed by atoms with Crippen molar-refractivity contribution in [1.82, 2.24) is 49.5 Å². The van der Waals surface area contributed by atoms with Crippen molar-refractivity contribution in [3.63, 3.8) is 0 Å². The van der Waals surface area contributed by atoms with Gasteiger partial charge in [0.15, 0.2) is 0 Å². The third-order valence-electron chi connectivity index (χ3n) is 9.27. The molecular formula is C42H84Cl2I2N14-2. The second kappa shape index (κ2) is 42.1. The summed E-state index contributed by atoms with van der Waals surface area (Å²) in [6, 6.07) is 0. The molecule has 0 unspecified atom stereocenters. The number of nitrogens with zero attached hydrogens (tertiary/aromatic N) is 10. The lowest BCUT2D eigenvalue weighted by Crippen LogP contribution is -3.00. The first kappa shape index (κ1) is 61.2. The van der Waals surface area contributed by atoms with Crippen LogP contribution in [-0.2, 0) is 0 Å². The molecule has 0 atom stereocenters. The molecule has 0 saturated heterocycles. The minimum Gasteiger partial charge on any atom is -1.00 e. The molecule has 2 rings (SSSR count). The highest BCUT2D eigenvalue weighted by Crippen LogP contribution is 2.12. The Labute approximate surface area is 410 Å². The fourth-order valence-electron chi connectivity index (χ4n) is 6.90. The first-order valence-corrected chi connectivity index (χ1v) is 23.7. The van der Waals surface area contributed by atoms with E-state index in [2.05, 4.69) is 126 Å². The summed E-state index contributed by atoms with van der Waals surface area (Å²) in [5.41, 5.74) is 0. The molecule has 0 aliphatic carbocycles. The highest BCUT2D eigenvalue weighted by atomic mass is 127. The molecule has 2 aromatic heterocycles. The second-order valence-electron chi connectivity index (χ2n) is 15.0. The van der Waals surface area contributed by atoms with Gasteiger partial charge in [-0.2, -0.15) is 29.9 Å². The first-order chi connectivity index (χ1) is 28.2. The van der Waals surface area contributed by atoms with E-state index in [1.165, 1.54) is 51.4 Å². The number of hydrogen-bond acceptors (Lipinski definition) is 14. The average Bonchev–Trinajstić information content (AvgIpc) is 3.19. The standard InChI is InChI=1S/2C21H42ClN7.2HI/c2*1-5-13-28(14-6-2)17-9-11-23-20-25-19(22)26-21(27-20)24-12-10-18-29(15-7-3)16-8-4;;/h2*5-18H2,1-4H3,(H2,23,24,25,26,27);2*1H/p-2. The number of aromatic nitrogens is 6. The van der Waals surface area contributed by atoms with Gasteiger partial charge in [-0.15, -0.1) is 0 Å². The van der Waals surface area contributed by atoms with E-state index in [1.807, 2.05) is 0 Å². The maximum absolute atomic E-state index is 6.08. The Hall–Kier alpha value is -0.900. The second-order valence-corrected chi connectivity index (χ2v) is 15.7. The Morgan fingerprint density at radius 2 is 0.500 bits per heavy atom. The maximum atomic E-state index is 6.08. The Morgan fingerprint density at radius 1 is 0.317 bits per heavy atom. The number of rotatable bonds is 36. The van der Waals surface area contributed by atoms with Gasteiger partial charge in [0.25, 0.3) is 0 Å². The van der Waals surface area contributed by atoms with E-state index >= 15 is 0 Å². The Bertz CT molecular complexity index is 1060. The van der Waals surface area contributed by atoms with Crippen LogP contribution in [-0.4, -0.2) is 154 Å². The van der Waals surface area contributed by atoms with Gasteiger partial charge in [-0.1, -0.05) is 55.4 Å². The fraction of sp³-hybridized carbons (Fsp3) is 0.857. The van der Waals surface area contributed by atoms with Gasteiger partial charge in [0, 0.05) is 26.2 Å². The molecule has 4 N–H and O–H groups in total. The molecule has 0 saturated carbocycles. The van der Waals surface area contributed by atoms with E-state index in [1.54, 1.807) is 0 Å². The van der Waals surface area contributed by atoms with Gasteiger partial charge in [-0.05, 0) is 179 Å². The van der Waals surface area contributed by atoms with Gasteiger partial charge in [-0.25, -0.2) is 0 Å². The van der Waals surface area contributed by atoms with Crippen molar-refractivity contribution in [3.8, 4) is 0 Å². The number of hydrogen-bond donors (Lipinski definition) is 4. The summed E-state index contributed by atoms with van der Waals surface area (Å²) in [5.74, 6) is 2.18. The lowest BCUT2D eigenvalue weighted by atomic mass is 10.3. The Kier molecular flexibility index (Phi) is 42.9. The van der Waals surface area contributed by atoms with Gasteiger partial charge in [0.1, 0.15) is 0 Å². The Balaban J connectivity index is 0. The predicted molar refractivity (Wildman–Crippen MR) is 250 cm³/mol. The molecule has 14 nitrogen and oxygen atoms in total. The molecule has 0 amide bonds. The Morgan fingerprint density at radius 3 is 0.667 bits per heavy atom. The van der Waals surface area contributed by atoms with Crippen LogP contribution in [0.4, 0.5) is 23.8 Å². The van der Waals surface area contributed by atoms with Crippen LogP contribution < -0.4 is 69.2 Å². The number of nitrogens with one attached hydrogen (secondary N) is 4. The van der Waals surface area contributed by atoms with Crippen LogP contribution in [0, 0.1) is 0 Å². The smallest absolute Gasteiger partial charge is 0.228 e. The zero-order valence-electron chi connectivity index (χ0n) is 38.8. The van der Waals surface area contributed by atoms with Crippen molar-refractivity contribution in [1.29, 1.82) is 0 Å². The summed E-state index contributed by atoms with van der Waals surface area (Å²) in [5, 5.41) is 13.6. The van der Waals surface area contributed by atoms with E-state index in [-0.39, 0.29) is 58.5 Å². The van der Waals surface area contributed by atoms with Gasteiger partial charge in [0.05, 0.1) is 0 Å². The predicted octanol–water partition coefficient (Wildman–Crippen LogP) is 2.75. The summed E-state index contributed by atoms with van der Waals surface area (Å²) >= 11 is 12.2. The number of halogens is 4. The van der Waals surface area contributed by atoms with Crippen LogP contribution in [0.2, 0.25) is 10.6 Å². The molecule has 2 aromatic rings. The minimum absolute atomic E-state index is 0. The summed E-state index contributed by atoms with van der Waals surface area (Å²) in [4.78, 5) is 35.7. The largest absolute Gasteiger partial charge is 1.00 e. The minimum atomic E-state index is 0. The van der Waals surface area contributed by atoms with Crippen molar-refractivity contribution in [2.24, 2.45) is 0 Å². The summed E-state index contributed by atoms with van der Waals surface area (Å²) in [6.45, 7) is 34.8. The molecule has 2 heterocycles. The molecule has 0 fully saturated rings. The molecular weight excluding hydrogens is 1030 g/mol. The molecule has 0 aromatic carbocycles. The summed E-state index contributed by atoms with van der Waals surface area (Å²) in [7, 11) is 0. The van der Waals surface area contributed by atoms with Crippen LogP contribution in [0.3, 0.4) is 0 Å². The van der Waals surface area contributed by atoms with E-state index in [9.17, 15) is 0 Å². The summed E-state index contributed by atoms with van der Waals surface area (Å²) in [6.07, 6.45) is 13.8. The molecule has 0 aliphatic heterocycles. The van der Waals surface area contributed by atoms with E-state index < -0.39 is 0 Å². The number of anilines is 4. The maximum Gasteiger partial charge on any atom is 0.228 e. The molecule has 60 heavy (non-hydrogen) atoms. The van der Waals surface area contributed by atoms with Crippen LogP contribution in [0.15, 0.2) is 0 Å². The average molecular weight is 1110 g/mol. The highest BCUT2D eigenvalue weighted by Gasteiger charge is 2.09. The molecule has 18 heteroatoms. The zero-order valence-corrected chi connectivity index (χ0v) is 44.6. The van der Waals surface area contributed by atoms with Crippen molar-refractivity contribution in [2.45, 2.75) is 132 Å². The van der Waals surface area contributed by atoms with Crippen LogP contribution >= 0.6 is 23.2 Å². The topological polar surface area (TPSA) is 138 Å². The lowest BCUT2D eigenvalue weighted by molar-refractivity contribution is -0.001000. The van der Waals surface area contributed by atoms with Crippen LogP contribution in [0.1, 0.15) is 132 Å². The van der Waals surface area contributed by atoms with Gasteiger partial charge < -0.3 is 88.8 Å². The van der Waals surface area contributed by atoms with E-state index in [0.717, 1.165) is 130 Å².